The largest absolute Gasteiger partial charge is 0.486 e. The minimum atomic E-state index is -0.246. The van der Waals surface area contributed by atoms with Crippen LogP contribution < -0.4 is 0 Å². The van der Waals surface area contributed by atoms with Gasteiger partial charge in [-0.2, -0.15) is 0 Å². The van der Waals surface area contributed by atoms with E-state index in [4.69, 9.17) is 9.31 Å². The number of rotatable bonds is 4. The third-order valence-corrected chi connectivity index (χ3v) is 3.52. The summed E-state index contributed by atoms with van der Waals surface area (Å²) < 4.78 is 11.8. The average Bonchev–Trinajstić information content (AvgIpc) is 2.41. The van der Waals surface area contributed by atoms with Crippen molar-refractivity contribution in [3.05, 3.63) is 24.2 Å². The van der Waals surface area contributed by atoms with Crippen LogP contribution in [0.15, 0.2) is 24.2 Å². The molecule has 1 aliphatic rings. The SMILES string of the molecule is CC/C=C\C(C)/C=C/B1OC(C)(C)C(C)(C)O1. The number of hydrogen-bond donors (Lipinski definition) is 0. The zero-order valence-corrected chi connectivity index (χ0v) is 12.0. The minimum Gasteiger partial charge on any atom is -0.400 e. The van der Waals surface area contributed by atoms with E-state index in [1.54, 1.807) is 0 Å². The monoisotopic (exact) mass is 236 g/mol. The van der Waals surface area contributed by atoms with Gasteiger partial charge in [0.2, 0.25) is 0 Å². The van der Waals surface area contributed by atoms with E-state index in [-0.39, 0.29) is 18.3 Å². The van der Waals surface area contributed by atoms with Crippen LogP contribution in [0, 0.1) is 5.92 Å². The van der Waals surface area contributed by atoms with Gasteiger partial charge in [-0.05, 0) is 40.0 Å². The molecule has 0 aromatic carbocycles. The maximum Gasteiger partial charge on any atom is 0.486 e. The molecule has 0 N–H and O–H groups in total. The molecule has 1 unspecified atom stereocenters. The van der Waals surface area contributed by atoms with Gasteiger partial charge in [-0.25, -0.2) is 0 Å². The molecule has 1 heterocycles. The topological polar surface area (TPSA) is 18.5 Å². The highest BCUT2D eigenvalue weighted by Gasteiger charge is 2.49. The molecular formula is C14H25BO2. The zero-order chi connectivity index (χ0) is 13.1. The van der Waals surface area contributed by atoms with Crippen molar-refractivity contribution in [1.82, 2.24) is 0 Å². The Kier molecular flexibility index (Phi) is 4.62. The summed E-state index contributed by atoms with van der Waals surface area (Å²) in [4.78, 5) is 0. The van der Waals surface area contributed by atoms with E-state index >= 15 is 0 Å². The fourth-order valence-corrected chi connectivity index (χ4v) is 1.65. The molecule has 1 atom stereocenters. The molecule has 0 radical (unpaired) electrons. The van der Waals surface area contributed by atoms with E-state index in [2.05, 4.69) is 59.8 Å². The summed E-state index contributed by atoms with van der Waals surface area (Å²) in [6, 6.07) is 0. The maximum absolute atomic E-state index is 5.89. The molecule has 17 heavy (non-hydrogen) atoms. The number of hydrogen-bond acceptors (Lipinski definition) is 2. The molecule has 0 aromatic rings. The molecule has 1 fully saturated rings. The summed E-state index contributed by atoms with van der Waals surface area (Å²) in [5.41, 5.74) is -0.491. The van der Waals surface area contributed by atoms with Crippen LogP contribution in [-0.4, -0.2) is 18.3 Å². The first-order valence-corrected chi connectivity index (χ1v) is 6.49. The molecule has 0 amide bonds. The van der Waals surface area contributed by atoms with Gasteiger partial charge in [-0.15, -0.1) is 0 Å². The molecule has 3 heteroatoms. The van der Waals surface area contributed by atoms with E-state index in [1.807, 2.05) is 5.98 Å². The Balaban J connectivity index is 2.56. The van der Waals surface area contributed by atoms with Crippen molar-refractivity contribution in [1.29, 1.82) is 0 Å². The van der Waals surface area contributed by atoms with Gasteiger partial charge in [-0.3, -0.25) is 0 Å². The van der Waals surface area contributed by atoms with Gasteiger partial charge in [0.1, 0.15) is 0 Å². The minimum absolute atomic E-state index is 0.225. The van der Waals surface area contributed by atoms with E-state index in [0.717, 1.165) is 6.42 Å². The lowest BCUT2D eigenvalue weighted by molar-refractivity contribution is 0.00578. The van der Waals surface area contributed by atoms with Crippen LogP contribution in [0.3, 0.4) is 0 Å². The predicted molar refractivity (Wildman–Crippen MR) is 73.8 cm³/mol. The van der Waals surface area contributed by atoms with Crippen LogP contribution >= 0.6 is 0 Å². The van der Waals surface area contributed by atoms with Crippen molar-refractivity contribution in [3.8, 4) is 0 Å². The normalized spacial score (nSPS) is 24.9. The van der Waals surface area contributed by atoms with Crippen molar-refractivity contribution >= 4 is 7.12 Å². The Morgan fingerprint density at radius 2 is 1.59 bits per heavy atom. The molecule has 0 saturated carbocycles. The third kappa shape index (κ3) is 3.72. The van der Waals surface area contributed by atoms with Gasteiger partial charge in [0.25, 0.3) is 0 Å². The fraction of sp³-hybridized carbons (Fsp3) is 0.714. The quantitative estimate of drug-likeness (QED) is 0.546. The fourth-order valence-electron chi connectivity index (χ4n) is 1.65. The lowest BCUT2D eigenvalue weighted by Gasteiger charge is -2.32. The van der Waals surface area contributed by atoms with E-state index < -0.39 is 0 Å². The molecule has 1 aliphatic heterocycles. The maximum atomic E-state index is 5.89. The number of allylic oxidation sites excluding steroid dienone is 3. The summed E-state index contributed by atoms with van der Waals surface area (Å²) in [5.74, 6) is 2.44. The van der Waals surface area contributed by atoms with E-state index in [1.165, 1.54) is 0 Å². The van der Waals surface area contributed by atoms with Crippen LogP contribution in [0.5, 0.6) is 0 Å². The summed E-state index contributed by atoms with van der Waals surface area (Å²) >= 11 is 0. The highest BCUT2D eigenvalue weighted by atomic mass is 16.7. The van der Waals surface area contributed by atoms with Crippen molar-refractivity contribution in [3.63, 3.8) is 0 Å². The standard InChI is InChI=1S/C14H25BO2/c1-7-8-9-12(2)10-11-15-16-13(3,4)14(5,6)17-15/h8-12H,7H2,1-6H3/b9-8-,11-10+. The van der Waals surface area contributed by atoms with Crippen molar-refractivity contribution in [2.75, 3.05) is 0 Å². The molecule has 2 nitrogen and oxygen atoms in total. The predicted octanol–water partition coefficient (Wildman–Crippen LogP) is 3.78. The van der Waals surface area contributed by atoms with E-state index in [0.29, 0.717) is 5.92 Å². The first-order valence-electron chi connectivity index (χ1n) is 6.49. The van der Waals surface area contributed by atoms with Crippen LogP contribution in [-0.2, 0) is 9.31 Å². The molecule has 96 valence electrons. The Hall–Kier alpha value is -0.535. The average molecular weight is 236 g/mol. The van der Waals surface area contributed by atoms with Gasteiger partial charge in [0, 0.05) is 0 Å². The van der Waals surface area contributed by atoms with Gasteiger partial charge in [0.05, 0.1) is 11.2 Å². The van der Waals surface area contributed by atoms with Crippen molar-refractivity contribution in [2.45, 2.75) is 59.2 Å². The lowest BCUT2D eigenvalue weighted by Crippen LogP contribution is -2.41. The first kappa shape index (κ1) is 14.5. The Labute approximate surface area is 106 Å². The third-order valence-electron chi connectivity index (χ3n) is 3.52. The molecule has 0 bridgehead atoms. The Morgan fingerprint density at radius 3 is 2.06 bits per heavy atom. The summed E-state index contributed by atoms with van der Waals surface area (Å²) in [7, 11) is -0.225. The Morgan fingerprint density at radius 1 is 1.06 bits per heavy atom. The van der Waals surface area contributed by atoms with Crippen molar-refractivity contribution in [2.24, 2.45) is 5.92 Å². The van der Waals surface area contributed by atoms with Gasteiger partial charge >= 0.3 is 7.12 Å². The highest BCUT2D eigenvalue weighted by molar-refractivity contribution is 6.51. The second-order valence-electron chi connectivity index (χ2n) is 5.71. The molecule has 0 spiro atoms. The first-order chi connectivity index (χ1) is 7.78. The summed E-state index contributed by atoms with van der Waals surface area (Å²) in [5, 5.41) is 0. The van der Waals surface area contributed by atoms with Crippen LogP contribution in [0.25, 0.3) is 0 Å². The van der Waals surface area contributed by atoms with Gasteiger partial charge < -0.3 is 9.31 Å². The molecule has 1 rings (SSSR count). The summed E-state index contributed by atoms with van der Waals surface area (Å²) in [6.45, 7) is 12.6. The highest BCUT2D eigenvalue weighted by Crippen LogP contribution is 2.36. The van der Waals surface area contributed by atoms with E-state index in [9.17, 15) is 0 Å². The molecular weight excluding hydrogens is 211 g/mol. The second kappa shape index (κ2) is 5.41. The van der Waals surface area contributed by atoms with Gasteiger partial charge in [0.15, 0.2) is 0 Å². The lowest BCUT2D eigenvalue weighted by atomic mass is 9.88. The van der Waals surface area contributed by atoms with Gasteiger partial charge in [-0.1, -0.05) is 38.1 Å². The Bertz CT molecular complexity index is 289. The second-order valence-corrected chi connectivity index (χ2v) is 5.71. The van der Waals surface area contributed by atoms with Crippen LogP contribution in [0.1, 0.15) is 48.0 Å². The molecule has 1 saturated heterocycles. The smallest absolute Gasteiger partial charge is 0.400 e. The zero-order valence-electron chi connectivity index (χ0n) is 12.0. The van der Waals surface area contributed by atoms with Crippen molar-refractivity contribution < 1.29 is 9.31 Å². The van der Waals surface area contributed by atoms with Crippen LogP contribution in [0.4, 0.5) is 0 Å². The molecule has 0 aliphatic carbocycles. The molecule has 0 aromatic heterocycles. The van der Waals surface area contributed by atoms with Crippen LogP contribution in [0.2, 0.25) is 0 Å². The summed E-state index contributed by atoms with van der Waals surface area (Å²) in [6.07, 6.45) is 7.59.